The monoisotopic (exact) mass is 659 g/mol. The van der Waals surface area contributed by atoms with Crippen molar-refractivity contribution in [2.75, 3.05) is 29.7 Å². The summed E-state index contributed by atoms with van der Waals surface area (Å²) in [6.07, 6.45) is 7.82. The number of aromatic nitrogens is 7. The van der Waals surface area contributed by atoms with Gasteiger partial charge in [0, 0.05) is 67.9 Å². The van der Waals surface area contributed by atoms with Gasteiger partial charge in [0.1, 0.15) is 12.2 Å². The highest BCUT2D eigenvalue weighted by Gasteiger charge is 2.36. The summed E-state index contributed by atoms with van der Waals surface area (Å²) < 4.78 is 72.7. The number of nitrogens with one attached hydrogen (secondary N) is 1. The molecule has 0 radical (unpaired) electrons. The molecule has 0 aromatic carbocycles. The van der Waals surface area contributed by atoms with Crippen LogP contribution in [0.25, 0.3) is 22.5 Å². The van der Waals surface area contributed by atoms with Crippen LogP contribution in [0.1, 0.15) is 38.2 Å². The number of halogens is 3. The third kappa shape index (κ3) is 7.64. The molecular weight excluding hydrogens is 627 g/mol. The summed E-state index contributed by atoms with van der Waals surface area (Å²) in [7, 11) is -1.93. The Balaban J connectivity index is 1.33. The fourth-order valence-electron chi connectivity index (χ4n) is 5.22. The van der Waals surface area contributed by atoms with Gasteiger partial charge in [-0.25, -0.2) is 23.4 Å². The van der Waals surface area contributed by atoms with Gasteiger partial charge in [0.25, 0.3) is 5.91 Å². The Morgan fingerprint density at radius 2 is 1.80 bits per heavy atom. The molecule has 1 fully saturated rings. The van der Waals surface area contributed by atoms with Crippen molar-refractivity contribution in [3.8, 4) is 22.5 Å². The van der Waals surface area contributed by atoms with Crippen LogP contribution in [-0.4, -0.2) is 80.6 Å². The molecule has 0 unspecified atom stereocenters. The molecule has 5 rings (SSSR count). The minimum absolute atomic E-state index is 0.0441. The standard InChI is InChI=1S/C29H32F3N9O4S/c1-4-45-17-26(42)41(25-15-34-24(14-35-25)19-11-37-40(2)16-19)21-7-5-20(6-8-21)38-28-36-13-23(29(30,31)32)27(39-28)18-9-22(12-33-10-18)46(3,43)44/h9-16,20-21H,4-8,17H2,1-3H3,(H,36,38,39). The molecule has 1 amide bonds. The Labute approximate surface area is 263 Å². The molecule has 1 aliphatic carbocycles. The second-order valence-corrected chi connectivity index (χ2v) is 12.9. The molecule has 1 aliphatic rings. The third-order valence-corrected chi connectivity index (χ3v) is 8.57. The quantitative estimate of drug-likeness (QED) is 0.263. The van der Waals surface area contributed by atoms with Gasteiger partial charge in [-0.3, -0.25) is 24.3 Å². The third-order valence-electron chi connectivity index (χ3n) is 7.49. The summed E-state index contributed by atoms with van der Waals surface area (Å²) in [5.41, 5.74) is -0.320. The lowest BCUT2D eigenvalue weighted by Crippen LogP contribution is -2.46. The molecule has 46 heavy (non-hydrogen) atoms. The second kappa shape index (κ2) is 13.5. The van der Waals surface area contributed by atoms with E-state index in [0.29, 0.717) is 50.0 Å². The molecule has 17 heteroatoms. The fourth-order valence-corrected chi connectivity index (χ4v) is 5.81. The molecule has 1 saturated carbocycles. The molecule has 0 aliphatic heterocycles. The molecule has 4 heterocycles. The van der Waals surface area contributed by atoms with E-state index < -0.39 is 27.3 Å². The van der Waals surface area contributed by atoms with Gasteiger partial charge in [-0.05, 0) is 38.7 Å². The number of carbonyl (C=O) groups excluding carboxylic acids is 1. The Bertz CT molecular complexity index is 1790. The molecule has 1 N–H and O–H groups in total. The number of hydrogen-bond acceptors (Lipinski definition) is 11. The number of ether oxygens (including phenoxy) is 1. The van der Waals surface area contributed by atoms with E-state index in [-0.39, 0.29) is 41.0 Å². The largest absolute Gasteiger partial charge is 0.419 e. The van der Waals surface area contributed by atoms with Crippen molar-refractivity contribution in [3.05, 3.63) is 55.0 Å². The Kier molecular flexibility index (Phi) is 9.62. The van der Waals surface area contributed by atoms with Gasteiger partial charge in [-0.2, -0.15) is 18.3 Å². The van der Waals surface area contributed by atoms with Crippen molar-refractivity contribution < 1.29 is 31.1 Å². The number of nitrogens with zero attached hydrogens (tertiary/aromatic N) is 8. The van der Waals surface area contributed by atoms with Crippen molar-refractivity contribution >= 4 is 27.5 Å². The van der Waals surface area contributed by atoms with Gasteiger partial charge >= 0.3 is 6.18 Å². The molecule has 244 valence electrons. The van der Waals surface area contributed by atoms with E-state index in [0.717, 1.165) is 30.3 Å². The predicted molar refractivity (Wildman–Crippen MR) is 161 cm³/mol. The van der Waals surface area contributed by atoms with Crippen LogP contribution >= 0.6 is 0 Å². The number of pyridine rings is 1. The van der Waals surface area contributed by atoms with E-state index in [4.69, 9.17) is 4.74 Å². The van der Waals surface area contributed by atoms with Crippen molar-refractivity contribution in [1.82, 2.24) is 34.7 Å². The fraction of sp³-hybridized carbons (Fsp3) is 0.414. The molecule has 13 nitrogen and oxygen atoms in total. The lowest BCUT2D eigenvalue weighted by atomic mass is 9.90. The Morgan fingerprint density at radius 3 is 2.41 bits per heavy atom. The van der Waals surface area contributed by atoms with Crippen LogP contribution in [0, 0.1) is 0 Å². The smallest absolute Gasteiger partial charge is 0.372 e. The van der Waals surface area contributed by atoms with Crippen molar-refractivity contribution in [3.63, 3.8) is 0 Å². The molecule has 0 saturated heterocycles. The number of rotatable bonds is 10. The van der Waals surface area contributed by atoms with Crippen LogP contribution in [0.15, 0.2) is 54.3 Å². The predicted octanol–water partition coefficient (Wildman–Crippen LogP) is 3.94. The molecular formula is C29H32F3N9O4S. The minimum atomic E-state index is -4.79. The second-order valence-electron chi connectivity index (χ2n) is 10.8. The maximum absolute atomic E-state index is 13.9. The normalized spacial score (nSPS) is 17.1. The summed E-state index contributed by atoms with van der Waals surface area (Å²) in [5, 5.41) is 7.26. The lowest BCUT2D eigenvalue weighted by Gasteiger charge is -2.36. The summed E-state index contributed by atoms with van der Waals surface area (Å²) >= 11 is 0. The zero-order chi connectivity index (χ0) is 33.1. The van der Waals surface area contributed by atoms with E-state index in [1.807, 2.05) is 6.20 Å². The highest BCUT2D eigenvalue weighted by Crippen LogP contribution is 2.37. The van der Waals surface area contributed by atoms with Crippen LogP contribution in [0.2, 0.25) is 0 Å². The first kappa shape index (κ1) is 32.9. The summed E-state index contributed by atoms with van der Waals surface area (Å²) in [6.45, 7) is 2.04. The van der Waals surface area contributed by atoms with Crippen molar-refractivity contribution in [1.29, 1.82) is 0 Å². The van der Waals surface area contributed by atoms with E-state index in [1.165, 1.54) is 0 Å². The number of hydrogen-bond donors (Lipinski definition) is 1. The van der Waals surface area contributed by atoms with Gasteiger partial charge in [0.05, 0.1) is 34.9 Å². The number of amides is 1. The molecule has 4 aromatic rings. The average molecular weight is 660 g/mol. The molecule has 4 aromatic heterocycles. The molecule has 0 bridgehead atoms. The van der Waals surface area contributed by atoms with Crippen LogP contribution in [-0.2, 0) is 32.6 Å². The summed E-state index contributed by atoms with van der Waals surface area (Å²) in [4.78, 5) is 35.5. The lowest BCUT2D eigenvalue weighted by molar-refractivity contribution is -0.137. The van der Waals surface area contributed by atoms with Crippen LogP contribution < -0.4 is 10.2 Å². The first-order chi connectivity index (χ1) is 21.8. The minimum Gasteiger partial charge on any atom is -0.372 e. The van der Waals surface area contributed by atoms with E-state index in [9.17, 15) is 26.4 Å². The topological polar surface area (TPSA) is 158 Å². The maximum Gasteiger partial charge on any atom is 0.419 e. The van der Waals surface area contributed by atoms with Gasteiger partial charge in [-0.15, -0.1) is 0 Å². The van der Waals surface area contributed by atoms with Crippen molar-refractivity contribution in [2.45, 2.75) is 55.8 Å². The van der Waals surface area contributed by atoms with E-state index >= 15 is 0 Å². The zero-order valence-electron chi connectivity index (χ0n) is 25.3. The highest BCUT2D eigenvalue weighted by atomic mass is 32.2. The van der Waals surface area contributed by atoms with E-state index in [2.05, 4.69) is 35.3 Å². The van der Waals surface area contributed by atoms with Gasteiger partial charge < -0.3 is 10.1 Å². The van der Waals surface area contributed by atoms with Gasteiger partial charge in [-0.1, -0.05) is 0 Å². The number of alkyl halides is 3. The summed E-state index contributed by atoms with van der Waals surface area (Å²) in [5.74, 6) is 0.0779. The van der Waals surface area contributed by atoms with E-state index in [1.54, 1.807) is 42.1 Å². The first-order valence-electron chi connectivity index (χ1n) is 14.4. The SMILES string of the molecule is CCOCC(=O)N(c1cnc(-c2cnn(C)c2)cn1)C1CCC(Nc2ncc(C(F)(F)F)c(-c3cncc(S(C)(=O)=O)c3)n2)CC1. The van der Waals surface area contributed by atoms with Gasteiger partial charge in [0.15, 0.2) is 15.7 Å². The number of sulfone groups is 1. The zero-order valence-corrected chi connectivity index (χ0v) is 26.1. The maximum atomic E-state index is 13.9. The van der Waals surface area contributed by atoms with Crippen LogP contribution in [0.4, 0.5) is 24.9 Å². The van der Waals surface area contributed by atoms with Crippen LogP contribution in [0.5, 0.6) is 0 Å². The molecule has 0 atom stereocenters. The van der Waals surface area contributed by atoms with Crippen molar-refractivity contribution in [2.24, 2.45) is 7.05 Å². The Hall–Kier alpha value is -4.51. The number of aryl methyl sites for hydroxylation is 1. The van der Waals surface area contributed by atoms with Crippen LogP contribution in [0.3, 0.4) is 0 Å². The first-order valence-corrected chi connectivity index (χ1v) is 16.3. The highest BCUT2D eigenvalue weighted by molar-refractivity contribution is 7.90. The Morgan fingerprint density at radius 1 is 1.04 bits per heavy atom. The number of carbonyl (C=O) groups is 1. The average Bonchev–Trinajstić information content (AvgIpc) is 3.46. The number of anilines is 2. The van der Waals surface area contributed by atoms with Gasteiger partial charge in [0.2, 0.25) is 5.95 Å². The molecule has 0 spiro atoms. The summed E-state index contributed by atoms with van der Waals surface area (Å²) in [6, 6.07) is 0.678.